The number of pyridine rings is 1. The van der Waals surface area contributed by atoms with E-state index >= 15 is 0 Å². The Hall–Kier alpha value is -2.46. The van der Waals surface area contributed by atoms with Gasteiger partial charge in [-0.2, -0.15) is 0 Å². The molecule has 0 aliphatic heterocycles. The summed E-state index contributed by atoms with van der Waals surface area (Å²) in [5.74, 6) is 1.75. The molecule has 3 nitrogen and oxygen atoms in total. The van der Waals surface area contributed by atoms with E-state index in [0.29, 0.717) is 17.2 Å². The first kappa shape index (κ1) is 21.8. The van der Waals surface area contributed by atoms with Gasteiger partial charge >= 0.3 is 5.97 Å². The fourth-order valence-electron chi connectivity index (χ4n) is 4.55. The zero-order chi connectivity index (χ0) is 21.6. The molecule has 3 aromatic rings. The maximum absolute atomic E-state index is 12.3. The molecule has 1 heterocycles. The van der Waals surface area contributed by atoms with Crippen molar-refractivity contribution in [1.82, 2.24) is 4.98 Å². The van der Waals surface area contributed by atoms with Crippen LogP contribution < -0.4 is 4.74 Å². The van der Waals surface area contributed by atoms with E-state index in [-0.39, 0.29) is 0 Å². The Morgan fingerprint density at radius 1 is 0.968 bits per heavy atom. The lowest BCUT2D eigenvalue weighted by atomic mass is 9.77. The maximum atomic E-state index is 12.3. The molecule has 0 spiro atoms. The second-order valence-electron chi connectivity index (χ2n) is 8.43. The Labute approximate surface area is 193 Å². The molecule has 2 aromatic carbocycles. The summed E-state index contributed by atoms with van der Waals surface area (Å²) in [5.41, 5.74) is 4.17. The van der Waals surface area contributed by atoms with Gasteiger partial charge in [-0.1, -0.05) is 56.2 Å². The van der Waals surface area contributed by atoms with Crippen LogP contribution in [0, 0.1) is 5.92 Å². The molecule has 160 valence electrons. The molecule has 0 atom stereocenters. The summed E-state index contributed by atoms with van der Waals surface area (Å²) in [6, 6.07) is 18.3. The lowest BCUT2D eigenvalue weighted by Crippen LogP contribution is -2.13. The van der Waals surface area contributed by atoms with Crippen molar-refractivity contribution in [1.29, 1.82) is 0 Å². The predicted molar refractivity (Wildman–Crippen MR) is 128 cm³/mol. The van der Waals surface area contributed by atoms with E-state index in [0.717, 1.165) is 16.0 Å². The van der Waals surface area contributed by atoms with Crippen LogP contribution in [0.5, 0.6) is 5.75 Å². The van der Waals surface area contributed by atoms with Crippen molar-refractivity contribution in [2.45, 2.75) is 51.4 Å². The molecule has 0 bridgehead atoms. The van der Waals surface area contributed by atoms with Crippen LogP contribution in [-0.4, -0.2) is 11.0 Å². The monoisotopic (exact) mass is 477 g/mol. The van der Waals surface area contributed by atoms with Crippen molar-refractivity contribution in [3.63, 3.8) is 0 Å². The number of esters is 1. The summed E-state index contributed by atoms with van der Waals surface area (Å²) in [6.07, 6.45) is 11.2. The number of ether oxygens (including phenoxy) is 1. The minimum absolute atomic E-state index is 0.415. The molecule has 0 saturated heterocycles. The molecule has 31 heavy (non-hydrogen) atoms. The van der Waals surface area contributed by atoms with Crippen LogP contribution in [-0.2, 0) is 0 Å². The van der Waals surface area contributed by atoms with Crippen molar-refractivity contribution in [3.8, 4) is 16.9 Å². The Morgan fingerprint density at radius 3 is 2.23 bits per heavy atom. The number of carbonyl (C=O) groups is 1. The summed E-state index contributed by atoms with van der Waals surface area (Å²) < 4.78 is 6.22. The molecule has 0 radical (unpaired) electrons. The van der Waals surface area contributed by atoms with Crippen LogP contribution in [0.15, 0.2) is 71.5 Å². The number of nitrogens with zero attached hydrogens (tertiary/aromatic N) is 1. The van der Waals surface area contributed by atoms with Gasteiger partial charge in [0.1, 0.15) is 5.75 Å². The van der Waals surface area contributed by atoms with E-state index in [4.69, 9.17) is 4.74 Å². The smallest absolute Gasteiger partial charge is 0.345 e. The maximum Gasteiger partial charge on any atom is 0.345 e. The van der Waals surface area contributed by atoms with Crippen molar-refractivity contribution in [2.75, 3.05) is 0 Å². The standard InChI is InChI=1S/C27H28BrNO2/c1-2-3-19-4-6-20(7-5-19)21-8-10-22(11-9-21)23-12-14-26(15-13-23)31-27(30)24-16-25(28)18-29-17-24/h8-20H,2-7H2,1H3. The molecule has 4 rings (SSSR count). The zero-order valence-corrected chi connectivity index (χ0v) is 19.5. The minimum atomic E-state index is -0.417. The highest BCUT2D eigenvalue weighted by Crippen LogP contribution is 2.38. The summed E-state index contributed by atoms with van der Waals surface area (Å²) in [7, 11) is 0. The first-order valence-electron chi connectivity index (χ1n) is 11.2. The Balaban J connectivity index is 1.37. The molecule has 1 aliphatic carbocycles. The van der Waals surface area contributed by atoms with E-state index < -0.39 is 5.97 Å². The SMILES string of the molecule is CCCC1CCC(c2ccc(-c3ccc(OC(=O)c4cncc(Br)c4)cc3)cc2)CC1. The van der Waals surface area contributed by atoms with Crippen LogP contribution in [0.1, 0.15) is 67.3 Å². The van der Waals surface area contributed by atoms with Crippen LogP contribution in [0.2, 0.25) is 0 Å². The lowest BCUT2D eigenvalue weighted by Gasteiger charge is -2.28. The third-order valence-electron chi connectivity index (χ3n) is 6.26. The molecule has 1 aromatic heterocycles. The largest absolute Gasteiger partial charge is 0.423 e. The first-order valence-corrected chi connectivity index (χ1v) is 11.9. The van der Waals surface area contributed by atoms with Crippen LogP contribution >= 0.6 is 15.9 Å². The summed E-state index contributed by atoms with van der Waals surface area (Å²) in [5, 5.41) is 0. The highest BCUT2D eigenvalue weighted by Gasteiger charge is 2.21. The highest BCUT2D eigenvalue weighted by atomic mass is 79.9. The third kappa shape index (κ3) is 5.62. The molecule has 1 fully saturated rings. The number of benzene rings is 2. The number of hydrogen-bond acceptors (Lipinski definition) is 3. The van der Waals surface area contributed by atoms with Crippen LogP contribution in [0.4, 0.5) is 0 Å². The zero-order valence-electron chi connectivity index (χ0n) is 17.9. The Bertz CT molecular complexity index is 1010. The summed E-state index contributed by atoms with van der Waals surface area (Å²) >= 11 is 3.32. The van der Waals surface area contributed by atoms with E-state index in [9.17, 15) is 4.79 Å². The second kappa shape index (κ2) is 10.2. The van der Waals surface area contributed by atoms with Gasteiger partial charge in [-0.15, -0.1) is 0 Å². The number of carbonyl (C=O) groups excluding carboxylic acids is 1. The normalized spacial score (nSPS) is 18.5. The van der Waals surface area contributed by atoms with Crippen molar-refractivity contribution in [3.05, 3.63) is 82.6 Å². The number of halogens is 1. The lowest BCUT2D eigenvalue weighted by molar-refractivity contribution is 0.0734. The fraction of sp³-hybridized carbons (Fsp3) is 0.333. The molecule has 0 unspecified atom stereocenters. The highest BCUT2D eigenvalue weighted by molar-refractivity contribution is 9.10. The average molecular weight is 478 g/mol. The summed E-state index contributed by atoms with van der Waals surface area (Å²) in [6.45, 7) is 2.29. The first-order chi connectivity index (χ1) is 15.1. The minimum Gasteiger partial charge on any atom is -0.423 e. The van der Waals surface area contributed by atoms with E-state index in [1.165, 1.54) is 55.8 Å². The van der Waals surface area contributed by atoms with Crippen LogP contribution in [0.25, 0.3) is 11.1 Å². The van der Waals surface area contributed by atoms with Crippen LogP contribution in [0.3, 0.4) is 0 Å². The predicted octanol–water partition coefficient (Wildman–Crippen LogP) is 7.80. The van der Waals surface area contributed by atoms with Gasteiger partial charge < -0.3 is 4.74 Å². The Kier molecular flexibility index (Phi) is 7.18. The van der Waals surface area contributed by atoms with Gasteiger partial charge in [-0.05, 0) is 88.3 Å². The van der Waals surface area contributed by atoms with Gasteiger partial charge in [0, 0.05) is 16.9 Å². The molecule has 1 aliphatic rings. The molecule has 1 saturated carbocycles. The Morgan fingerprint density at radius 2 is 1.61 bits per heavy atom. The topological polar surface area (TPSA) is 39.2 Å². The average Bonchev–Trinajstić information content (AvgIpc) is 2.80. The summed E-state index contributed by atoms with van der Waals surface area (Å²) in [4.78, 5) is 16.3. The fourth-order valence-corrected chi connectivity index (χ4v) is 4.91. The number of rotatable bonds is 6. The molecule has 4 heteroatoms. The molecule has 0 N–H and O–H groups in total. The van der Waals surface area contributed by atoms with Gasteiger partial charge in [0.25, 0.3) is 0 Å². The number of hydrogen-bond donors (Lipinski definition) is 0. The van der Waals surface area contributed by atoms with Gasteiger partial charge in [-0.25, -0.2) is 4.79 Å². The van der Waals surface area contributed by atoms with Gasteiger partial charge in [-0.3, -0.25) is 4.98 Å². The van der Waals surface area contributed by atoms with Gasteiger partial charge in [0.2, 0.25) is 0 Å². The molecular weight excluding hydrogens is 450 g/mol. The van der Waals surface area contributed by atoms with Crippen molar-refractivity contribution < 1.29 is 9.53 Å². The van der Waals surface area contributed by atoms with Gasteiger partial charge in [0.05, 0.1) is 5.56 Å². The number of aromatic nitrogens is 1. The van der Waals surface area contributed by atoms with E-state index in [1.54, 1.807) is 12.3 Å². The quantitative estimate of drug-likeness (QED) is 0.268. The molecular formula is C27H28BrNO2. The molecule has 0 amide bonds. The van der Waals surface area contributed by atoms with E-state index in [1.807, 2.05) is 24.3 Å². The van der Waals surface area contributed by atoms with E-state index in [2.05, 4.69) is 52.1 Å². The third-order valence-corrected chi connectivity index (χ3v) is 6.70. The second-order valence-corrected chi connectivity index (χ2v) is 9.35. The van der Waals surface area contributed by atoms with Crippen molar-refractivity contribution >= 4 is 21.9 Å². The van der Waals surface area contributed by atoms with Crippen molar-refractivity contribution in [2.24, 2.45) is 5.92 Å². The van der Waals surface area contributed by atoms with Gasteiger partial charge in [0.15, 0.2) is 0 Å².